The first kappa shape index (κ1) is 16.5. The number of nitrogens with zero attached hydrogens (tertiary/aromatic N) is 1. The third-order valence-corrected chi connectivity index (χ3v) is 5.51. The van der Waals surface area contributed by atoms with Crippen LogP contribution in [0.25, 0.3) is 0 Å². The van der Waals surface area contributed by atoms with Crippen LogP contribution in [0.15, 0.2) is 36.7 Å². The summed E-state index contributed by atoms with van der Waals surface area (Å²) < 4.78 is 29.0. The Labute approximate surface area is 149 Å². The normalized spacial score (nSPS) is 20.2. The number of hydrogen-bond acceptors (Lipinski definition) is 3. The van der Waals surface area contributed by atoms with Crippen molar-refractivity contribution in [3.63, 3.8) is 0 Å². The van der Waals surface area contributed by atoms with Gasteiger partial charge in [-0.05, 0) is 61.1 Å². The van der Waals surface area contributed by atoms with Crippen molar-refractivity contribution in [3.05, 3.63) is 58.4 Å². The van der Waals surface area contributed by atoms with Crippen LogP contribution >= 0.6 is 11.6 Å². The van der Waals surface area contributed by atoms with Gasteiger partial charge in [0, 0.05) is 28.1 Å². The quantitative estimate of drug-likeness (QED) is 0.765. The van der Waals surface area contributed by atoms with Crippen LogP contribution in [-0.4, -0.2) is 17.4 Å². The molecule has 1 spiro atoms. The van der Waals surface area contributed by atoms with E-state index in [-0.39, 0.29) is 22.9 Å². The van der Waals surface area contributed by atoms with Crippen molar-refractivity contribution in [2.75, 3.05) is 0 Å². The molecule has 2 aliphatic carbocycles. The second-order valence-electron chi connectivity index (χ2n) is 6.71. The smallest absolute Gasteiger partial charge is 0.387 e. The number of aromatic nitrogens is 1. The van der Waals surface area contributed by atoms with Crippen LogP contribution in [-0.2, 0) is 11.8 Å². The van der Waals surface area contributed by atoms with E-state index in [0.29, 0.717) is 17.9 Å². The van der Waals surface area contributed by atoms with Gasteiger partial charge in [0.1, 0.15) is 5.75 Å². The molecule has 1 aromatic heterocycles. The van der Waals surface area contributed by atoms with Gasteiger partial charge in [-0.1, -0.05) is 11.6 Å². The average Bonchev–Trinajstić information content (AvgIpc) is 3.32. The highest BCUT2D eigenvalue weighted by molar-refractivity contribution is 6.31. The molecule has 130 valence electrons. The van der Waals surface area contributed by atoms with E-state index in [0.717, 1.165) is 29.5 Å². The van der Waals surface area contributed by atoms with Crippen molar-refractivity contribution in [3.8, 4) is 5.75 Å². The molecule has 2 aliphatic rings. The van der Waals surface area contributed by atoms with Gasteiger partial charge in [-0.25, -0.2) is 0 Å². The lowest BCUT2D eigenvalue weighted by atomic mass is 9.84. The Hall–Kier alpha value is -2.01. The number of aryl methyl sites for hydroxylation is 1. The first-order chi connectivity index (χ1) is 12.0. The largest absolute Gasteiger partial charge is 0.433 e. The number of hydrogen-bond donors (Lipinski definition) is 0. The molecule has 3 nitrogen and oxygen atoms in total. The third-order valence-electron chi connectivity index (χ3n) is 5.27. The Bertz CT molecular complexity index is 836. The van der Waals surface area contributed by atoms with Crippen molar-refractivity contribution in [1.82, 2.24) is 4.98 Å². The van der Waals surface area contributed by atoms with E-state index in [1.807, 2.05) is 12.1 Å². The number of rotatable bonds is 5. The summed E-state index contributed by atoms with van der Waals surface area (Å²) in [5.41, 5.74) is 2.56. The molecule has 1 heterocycles. The number of halogens is 3. The van der Waals surface area contributed by atoms with Crippen LogP contribution in [0.2, 0.25) is 5.02 Å². The summed E-state index contributed by atoms with van der Waals surface area (Å²) in [6, 6.07) is 7.05. The Balaban J connectivity index is 1.52. The van der Waals surface area contributed by atoms with Crippen LogP contribution in [0.4, 0.5) is 8.78 Å². The fourth-order valence-electron chi connectivity index (χ4n) is 4.01. The summed E-state index contributed by atoms with van der Waals surface area (Å²) in [5, 5.41) is 0.652. The summed E-state index contributed by atoms with van der Waals surface area (Å²) in [4.78, 5) is 16.8. The fraction of sp³-hybridized carbons (Fsp3) is 0.368. The van der Waals surface area contributed by atoms with Gasteiger partial charge in [0.2, 0.25) is 0 Å². The van der Waals surface area contributed by atoms with Crippen LogP contribution in [0.3, 0.4) is 0 Å². The zero-order valence-electron chi connectivity index (χ0n) is 13.3. The Morgan fingerprint density at radius 2 is 2.08 bits per heavy atom. The number of fused-ring (bicyclic) bond motifs is 2. The second-order valence-corrected chi connectivity index (χ2v) is 7.15. The van der Waals surface area contributed by atoms with Gasteiger partial charge < -0.3 is 4.74 Å². The minimum Gasteiger partial charge on any atom is -0.433 e. The molecule has 0 bridgehead atoms. The first-order valence-electron chi connectivity index (χ1n) is 8.22. The van der Waals surface area contributed by atoms with E-state index >= 15 is 0 Å². The molecule has 0 aliphatic heterocycles. The van der Waals surface area contributed by atoms with E-state index in [2.05, 4.69) is 9.72 Å². The summed E-state index contributed by atoms with van der Waals surface area (Å²) in [7, 11) is 0. The molecule has 0 N–H and O–H groups in total. The number of carbonyl (C=O) groups is 1. The van der Waals surface area contributed by atoms with E-state index in [4.69, 9.17) is 11.6 Å². The number of pyridine rings is 1. The zero-order chi connectivity index (χ0) is 17.6. The van der Waals surface area contributed by atoms with Crippen LogP contribution in [0, 0.1) is 5.92 Å². The molecule has 1 unspecified atom stereocenters. The van der Waals surface area contributed by atoms with Gasteiger partial charge in [0.05, 0.1) is 6.20 Å². The molecule has 0 radical (unpaired) electrons. The number of ketones is 1. The Morgan fingerprint density at radius 1 is 1.28 bits per heavy atom. The van der Waals surface area contributed by atoms with Gasteiger partial charge in [-0.3, -0.25) is 9.78 Å². The van der Waals surface area contributed by atoms with Crippen molar-refractivity contribution < 1.29 is 18.3 Å². The van der Waals surface area contributed by atoms with Gasteiger partial charge in [0.25, 0.3) is 0 Å². The van der Waals surface area contributed by atoms with Gasteiger partial charge in [-0.15, -0.1) is 0 Å². The van der Waals surface area contributed by atoms with Crippen LogP contribution in [0.5, 0.6) is 5.75 Å². The van der Waals surface area contributed by atoms with Gasteiger partial charge >= 0.3 is 6.61 Å². The number of carbonyl (C=O) groups excluding carboxylic acids is 1. The molecular weight excluding hydrogens is 348 g/mol. The topological polar surface area (TPSA) is 39.2 Å². The summed E-state index contributed by atoms with van der Waals surface area (Å²) in [6.45, 7) is -2.87. The Kier molecular flexibility index (Phi) is 3.99. The molecule has 1 aromatic carbocycles. The number of benzene rings is 1. The number of alkyl halides is 2. The molecule has 1 saturated carbocycles. The lowest BCUT2D eigenvalue weighted by molar-refractivity contribution is -0.0501. The van der Waals surface area contributed by atoms with Crippen molar-refractivity contribution >= 4 is 17.4 Å². The van der Waals surface area contributed by atoms with E-state index in [1.54, 1.807) is 18.3 Å². The predicted octanol–water partition coefficient (Wildman–Crippen LogP) is 4.81. The fourth-order valence-corrected chi connectivity index (χ4v) is 4.18. The maximum absolute atomic E-state index is 12.8. The van der Waals surface area contributed by atoms with Gasteiger partial charge in [-0.2, -0.15) is 8.78 Å². The lowest BCUT2D eigenvalue weighted by Crippen LogP contribution is -2.20. The molecule has 2 aromatic rings. The van der Waals surface area contributed by atoms with E-state index < -0.39 is 6.61 Å². The molecule has 6 heteroatoms. The molecule has 0 saturated heterocycles. The number of ether oxygens (including phenoxy) is 1. The predicted molar refractivity (Wildman–Crippen MR) is 89.4 cm³/mol. The van der Waals surface area contributed by atoms with E-state index in [9.17, 15) is 13.6 Å². The summed E-state index contributed by atoms with van der Waals surface area (Å²) in [6.07, 6.45) is 6.11. The monoisotopic (exact) mass is 363 g/mol. The molecule has 4 rings (SSSR count). The number of Topliss-reactive ketones (excluding diaryl/α,β-unsaturated/α-hetero) is 1. The minimum atomic E-state index is -2.87. The molecule has 0 amide bonds. The highest BCUT2D eigenvalue weighted by atomic mass is 35.5. The lowest BCUT2D eigenvalue weighted by Gasteiger charge is -2.18. The highest BCUT2D eigenvalue weighted by Gasteiger charge is 2.58. The molecule has 1 atom stereocenters. The van der Waals surface area contributed by atoms with Gasteiger partial charge in [0.15, 0.2) is 5.78 Å². The zero-order valence-corrected chi connectivity index (χ0v) is 14.1. The molecule has 1 fully saturated rings. The minimum absolute atomic E-state index is 0.0430. The third kappa shape index (κ3) is 2.91. The SMILES string of the molecule is O=C1c2ccc(Cl)cc2C2(CC2)C1CCc1cncc(OC(F)F)c1. The molecular formula is C19H16ClF2NO2. The summed E-state index contributed by atoms with van der Waals surface area (Å²) in [5.74, 6) is 0.124. The average molecular weight is 364 g/mol. The van der Waals surface area contributed by atoms with Crippen molar-refractivity contribution in [2.45, 2.75) is 37.7 Å². The Morgan fingerprint density at radius 3 is 2.80 bits per heavy atom. The standard InChI is InChI=1S/C19H16ClF2NO2/c20-12-2-3-14-16(8-12)19(5-6-19)15(17(14)24)4-1-11-7-13(10-23-9-11)25-18(21)22/h2-3,7-10,15,18H,1,4-6H2. The maximum atomic E-state index is 12.8. The van der Waals surface area contributed by atoms with Crippen LogP contribution < -0.4 is 4.74 Å². The highest BCUT2D eigenvalue weighted by Crippen LogP contribution is 2.61. The van der Waals surface area contributed by atoms with Crippen molar-refractivity contribution in [1.29, 1.82) is 0 Å². The second kappa shape index (κ2) is 6.06. The first-order valence-corrected chi connectivity index (χ1v) is 8.60. The van der Waals surface area contributed by atoms with E-state index in [1.165, 1.54) is 6.20 Å². The summed E-state index contributed by atoms with van der Waals surface area (Å²) >= 11 is 6.11. The molecule has 25 heavy (non-hydrogen) atoms. The van der Waals surface area contributed by atoms with Crippen LogP contribution in [0.1, 0.15) is 40.7 Å². The maximum Gasteiger partial charge on any atom is 0.387 e. The van der Waals surface area contributed by atoms with Crippen molar-refractivity contribution in [2.24, 2.45) is 5.92 Å².